The van der Waals surface area contributed by atoms with E-state index in [9.17, 15) is 9.59 Å². The van der Waals surface area contributed by atoms with Crippen molar-refractivity contribution in [2.75, 3.05) is 18.8 Å². The van der Waals surface area contributed by atoms with Crippen LogP contribution in [0.4, 0.5) is 4.79 Å². The highest BCUT2D eigenvalue weighted by Crippen LogP contribution is 2.41. The second-order valence-electron chi connectivity index (χ2n) is 5.83. The lowest BCUT2D eigenvalue weighted by Crippen LogP contribution is -2.39. The maximum atomic E-state index is 12.2. The van der Waals surface area contributed by atoms with Gasteiger partial charge in [0.2, 0.25) is 5.91 Å². The fraction of sp³-hybridized carbons (Fsp3) is 0.500. The van der Waals surface area contributed by atoms with Crippen LogP contribution >= 0.6 is 11.8 Å². The molecule has 1 N–H and O–H groups in total. The highest BCUT2D eigenvalue weighted by atomic mass is 32.2. The lowest BCUT2D eigenvalue weighted by Gasteiger charge is -2.21. The van der Waals surface area contributed by atoms with E-state index in [1.165, 1.54) is 22.9 Å². The minimum Gasteiger partial charge on any atom is -0.347 e. The van der Waals surface area contributed by atoms with Gasteiger partial charge in [0.25, 0.3) is 5.24 Å². The van der Waals surface area contributed by atoms with Gasteiger partial charge in [-0.3, -0.25) is 9.59 Å². The molecule has 1 aromatic carbocycles. The van der Waals surface area contributed by atoms with E-state index >= 15 is 0 Å². The Balaban J connectivity index is 1.63. The van der Waals surface area contributed by atoms with Crippen molar-refractivity contribution in [3.63, 3.8) is 0 Å². The summed E-state index contributed by atoms with van der Waals surface area (Å²) in [5.74, 6) is 1.28. The largest absolute Gasteiger partial charge is 0.347 e. The van der Waals surface area contributed by atoms with Gasteiger partial charge in [-0.1, -0.05) is 41.6 Å². The summed E-state index contributed by atoms with van der Waals surface area (Å²) in [7, 11) is 0. The minimum absolute atomic E-state index is 0.0171. The van der Waals surface area contributed by atoms with Gasteiger partial charge in [0.05, 0.1) is 6.04 Å². The van der Waals surface area contributed by atoms with Crippen LogP contribution in [0.25, 0.3) is 0 Å². The molecule has 1 aromatic rings. The van der Waals surface area contributed by atoms with Crippen LogP contribution in [-0.4, -0.2) is 34.9 Å². The highest BCUT2D eigenvalue weighted by Gasteiger charge is 2.34. The summed E-state index contributed by atoms with van der Waals surface area (Å²) < 4.78 is 0. The summed E-state index contributed by atoms with van der Waals surface area (Å²) in [6.07, 6.45) is 2.33. The number of aryl methyl sites for hydroxylation is 1. The van der Waals surface area contributed by atoms with Crippen LogP contribution in [-0.2, 0) is 4.79 Å². The molecule has 0 spiro atoms. The van der Waals surface area contributed by atoms with Crippen molar-refractivity contribution < 1.29 is 9.59 Å². The van der Waals surface area contributed by atoms with Gasteiger partial charge in [0.1, 0.15) is 6.54 Å². The van der Waals surface area contributed by atoms with Crippen molar-refractivity contribution in [3.8, 4) is 0 Å². The van der Waals surface area contributed by atoms with Gasteiger partial charge >= 0.3 is 0 Å². The number of hydrogen-bond donors (Lipinski definition) is 1. The number of nitrogens with zero attached hydrogens (tertiary/aromatic N) is 1. The Morgan fingerprint density at radius 3 is 2.67 bits per heavy atom. The third-order valence-electron chi connectivity index (χ3n) is 4.03. The number of carbonyl (C=O) groups is 2. The van der Waals surface area contributed by atoms with E-state index in [-0.39, 0.29) is 23.7 Å². The Kier molecular flexibility index (Phi) is 4.19. The van der Waals surface area contributed by atoms with Crippen molar-refractivity contribution in [2.24, 2.45) is 5.92 Å². The normalized spacial score (nSPS) is 19.7. The van der Waals surface area contributed by atoms with Crippen LogP contribution < -0.4 is 5.32 Å². The molecule has 1 saturated carbocycles. The Labute approximate surface area is 129 Å². The fourth-order valence-electron chi connectivity index (χ4n) is 2.64. The molecule has 1 aliphatic heterocycles. The molecule has 1 aliphatic carbocycles. The first-order chi connectivity index (χ1) is 10.1. The van der Waals surface area contributed by atoms with Gasteiger partial charge in [0, 0.05) is 12.3 Å². The molecular weight excluding hydrogens is 284 g/mol. The maximum Gasteiger partial charge on any atom is 0.282 e. The van der Waals surface area contributed by atoms with Crippen LogP contribution in [0.2, 0.25) is 0 Å². The number of benzene rings is 1. The van der Waals surface area contributed by atoms with E-state index in [0.717, 1.165) is 18.6 Å². The average molecular weight is 304 g/mol. The Morgan fingerprint density at radius 1 is 1.38 bits per heavy atom. The third kappa shape index (κ3) is 3.59. The second kappa shape index (κ2) is 6.10. The van der Waals surface area contributed by atoms with Crippen LogP contribution in [0.3, 0.4) is 0 Å². The van der Waals surface area contributed by atoms with E-state index < -0.39 is 0 Å². The minimum atomic E-state index is -0.0525. The quantitative estimate of drug-likeness (QED) is 0.910. The summed E-state index contributed by atoms with van der Waals surface area (Å²) in [6.45, 7) is 2.92. The SMILES string of the molecule is Cc1ccc([C@H](NC(=O)CN2CCSC2=O)C2CC2)cc1. The van der Waals surface area contributed by atoms with Crippen LogP contribution in [0, 0.1) is 12.8 Å². The van der Waals surface area contributed by atoms with Crippen LogP contribution in [0.15, 0.2) is 24.3 Å². The third-order valence-corrected chi connectivity index (χ3v) is 4.92. The molecule has 2 aliphatic rings. The first-order valence-corrected chi connectivity index (χ1v) is 8.39. The van der Waals surface area contributed by atoms with Crippen LogP contribution in [0.5, 0.6) is 0 Å². The van der Waals surface area contributed by atoms with Gasteiger partial charge in [0.15, 0.2) is 0 Å². The molecule has 3 rings (SSSR count). The van der Waals surface area contributed by atoms with Crippen molar-refractivity contribution in [1.82, 2.24) is 10.2 Å². The zero-order valence-electron chi connectivity index (χ0n) is 12.2. The molecule has 4 nitrogen and oxygen atoms in total. The lowest BCUT2D eigenvalue weighted by molar-refractivity contribution is -0.122. The van der Waals surface area contributed by atoms with Gasteiger partial charge in [-0.25, -0.2) is 0 Å². The predicted molar refractivity (Wildman–Crippen MR) is 84.2 cm³/mol. The summed E-state index contributed by atoms with van der Waals surface area (Å²) in [5, 5.41) is 3.14. The standard InChI is InChI=1S/C16H20N2O2S/c1-11-2-4-12(5-3-11)15(13-6-7-13)17-14(19)10-18-8-9-21-16(18)20/h2-5,13,15H,6-10H2,1H3,(H,17,19)/t15-/m0/s1. The Morgan fingerprint density at radius 2 is 2.10 bits per heavy atom. The molecular formula is C16H20N2O2S. The van der Waals surface area contributed by atoms with E-state index in [4.69, 9.17) is 0 Å². The molecule has 112 valence electrons. The van der Waals surface area contributed by atoms with Gasteiger partial charge in [-0.15, -0.1) is 0 Å². The van der Waals surface area contributed by atoms with E-state index in [0.29, 0.717) is 12.5 Å². The number of hydrogen-bond acceptors (Lipinski definition) is 3. The topological polar surface area (TPSA) is 49.4 Å². The first kappa shape index (κ1) is 14.4. The second-order valence-corrected chi connectivity index (χ2v) is 6.88. The van der Waals surface area contributed by atoms with Crippen molar-refractivity contribution in [2.45, 2.75) is 25.8 Å². The molecule has 2 fully saturated rings. The van der Waals surface area contributed by atoms with E-state index in [1.54, 1.807) is 4.90 Å². The molecule has 0 bridgehead atoms. The lowest BCUT2D eigenvalue weighted by atomic mass is 10.0. The molecule has 5 heteroatoms. The summed E-state index contributed by atoms with van der Waals surface area (Å²) in [4.78, 5) is 25.4. The van der Waals surface area contributed by atoms with Gasteiger partial charge in [-0.2, -0.15) is 0 Å². The fourth-order valence-corrected chi connectivity index (χ4v) is 3.46. The molecule has 1 atom stereocenters. The van der Waals surface area contributed by atoms with Crippen molar-refractivity contribution in [1.29, 1.82) is 0 Å². The molecule has 2 amide bonds. The highest BCUT2D eigenvalue weighted by molar-refractivity contribution is 8.13. The molecule has 0 unspecified atom stereocenters. The molecule has 0 radical (unpaired) electrons. The maximum absolute atomic E-state index is 12.2. The van der Waals surface area contributed by atoms with Crippen molar-refractivity contribution >= 4 is 22.9 Å². The van der Waals surface area contributed by atoms with Gasteiger partial charge in [-0.05, 0) is 31.2 Å². The average Bonchev–Trinajstić information content (AvgIpc) is 3.23. The molecule has 21 heavy (non-hydrogen) atoms. The Hall–Kier alpha value is -1.49. The first-order valence-electron chi connectivity index (χ1n) is 7.41. The number of thioether (sulfide) groups is 1. The smallest absolute Gasteiger partial charge is 0.282 e. The summed E-state index contributed by atoms with van der Waals surface area (Å²) >= 11 is 1.29. The zero-order valence-corrected chi connectivity index (χ0v) is 13.0. The van der Waals surface area contributed by atoms with Crippen LogP contribution in [0.1, 0.15) is 30.0 Å². The number of amides is 2. The Bertz CT molecular complexity index is 540. The molecule has 0 aromatic heterocycles. The summed E-state index contributed by atoms with van der Waals surface area (Å²) in [6, 6.07) is 8.43. The number of carbonyl (C=O) groups excluding carboxylic acids is 2. The number of rotatable bonds is 5. The summed E-state index contributed by atoms with van der Waals surface area (Å²) in [5.41, 5.74) is 2.39. The molecule has 1 heterocycles. The van der Waals surface area contributed by atoms with Gasteiger partial charge < -0.3 is 10.2 Å². The zero-order chi connectivity index (χ0) is 14.8. The predicted octanol–water partition coefficient (Wildman–Crippen LogP) is 2.73. The number of nitrogens with one attached hydrogen (secondary N) is 1. The van der Waals surface area contributed by atoms with E-state index in [2.05, 4.69) is 36.5 Å². The van der Waals surface area contributed by atoms with E-state index in [1.807, 2.05) is 0 Å². The van der Waals surface area contributed by atoms with Crippen molar-refractivity contribution in [3.05, 3.63) is 35.4 Å². The monoisotopic (exact) mass is 304 g/mol. The molecule has 1 saturated heterocycles.